The number of imide groups is 1. The van der Waals surface area contributed by atoms with Crippen molar-refractivity contribution in [1.29, 1.82) is 5.26 Å². The average Bonchev–Trinajstić information content (AvgIpc) is 2.88. The molecule has 2 fully saturated rings. The monoisotopic (exact) mass is 270 g/mol. The molecule has 0 radical (unpaired) electrons. The van der Waals surface area contributed by atoms with E-state index in [0.717, 1.165) is 0 Å². The Morgan fingerprint density at radius 3 is 2.45 bits per heavy atom. The summed E-state index contributed by atoms with van der Waals surface area (Å²) in [4.78, 5) is 26.0. The average molecular weight is 270 g/mol. The van der Waals surface area contributed by atoms with Crippen LogP contribution in [0.3, 0.4) is 0 Å². The van der Waals surface area contributed by atoms with Crippen LogP contribution in [0.1, 0.15) is 13.8 Å². The van der Waals surface area contributed by atoms with Gasteiger partial charge in [0.25, 0.3) is 0 Å². The predicted molar refractivity (Wildman–Crippen MR) is 70.8 cm³/mol. The lowest BCUT2D eigenvalue weighted by molar-refractivity contribution is -0.125. The van der Waals surface area contributed by atoms with E-state index < -0.39 is 0 Å². The Morgan fingerprint density at radius 1 is 1.25 bits per heavy atom. The van der Waals surface area contributed by atoms with Gasteiger partial charge in [0.2, 0.25) is 11.8 Å². The lowest BCUT2D eigenvalue weighted by atomic mass is 10.1. The topological polar surface area (TPSA) is 70.4 Å². The SMILES string of the molecule is CC1(C)C2C(=O)N(c3ccccc3OCC#N)C(=O)C21. The van der Waals surface area contributed by atoms with Gasteiger partial charge in [0, 0.05) is 0 Å². The van der Waals surface area contributed by atoms with Crippen LogP contribution in [0, 0.1) is 28.6 Å². The number of nitrogens with zero attached hydrogens (tertiary/aromatic N) is 2. The number of piperidine rings is 1. The van der Waals surface area contributed by atoms with Crippen LogP contribution in [-0.4, -0.2) is 18.4 Å². The number of fused-ring (bicyclic) bond motifs is 1. The van der Waals surface area contributed by atoms with Crippen molar-refractivity contribution in [2.45, 2.75) is 13.8 Å². The number of amides is 2. The van der Waals surface area contributed by atoms with Crippen LogP contribution < -0.4 is 9.64 Å². The standard InChI is InChI=1S/C15H14N2O3/c1-15(2)11-12(15)14(19)17(13(11)18)9-5-3-4-6-10(9)20-8-7-16/h3-6,11-12H,8H2,1-2H3. The molecule has 1 heterocycles. The van der Waals surface area contributed by atoms with E-state index in [1.807, 2.05) is 19.9 Å². The maximum absolute atomic E-state index is 12.4. The summed E-state index contributed by atoms with van der Waals surface area (Å²) in [5.41, 5.74) is 0.202. The highest BCUT2D eigenvalue weighted by Crippen LogP contribution is 2.64. The maximum atomic E-state index is 12.4. The summed E-state index contributed by atoms with van der Waals surface area (Å²) in [5, 5.41) is 8.58. The first kappa shape index (κ1) is 12.7. The Labute approximate surface area is 116 Å². The number of nitriles is 1. The molecule has 2 amide bonds. The van der Waals surface area contributed by atoms with E-state index >= 15 is 0 Å². The molecular formula is C15H14N2O3. The van der Waals surface area contributed by atoms with Crippen LogP contribution in [-0.2, 0) is 9.59 Å². The molecule has 0 aromatic heterocycles. The van der Waals surface area contributed by atoms with Gasteiger partial charge in [0.1, 0.15) is 11.8 Å². The highest BCUT2D eigenvalue weighted by Gasteiger charge is 2.72. The van der Waals surface area contributed by atoms with Crippen LogP contribution in [0.15, 0.2) is 24.3 Å². The second kappa shape index (κ2) is 4.07. The summed E-state index contributed by atoms with van der Waals surface area (Å²) in [6, 6.07) is 8.68. The number of para-hydroxylation sites is 2. The fourth-order valence-electron chi connectivity index (χ4n) is 3.06. The van der Waals surface area contributed by atoms with Crippen LogP contribution in [0.4, 0.5) is 5.69 Å². The molecule has 1 saturated carbocycles. The summed E-state index contributed by atoms with van der Waals surface area (Å²) in [7, 11) is 0. The van der Waals surface area contributed by atoms with Crippen molar-refractivity contribution in [3.05, 3.63) is 24.3 Å². The molecule has 3 rings (SSSR count). The van der Waals surface area contributed by atoms with Crippen LogP contribution in [0.5, 0.6) is 5.75 Å². The zero-order valence-corrected chi connectivity index (χ0v) is 11.3. The van der Waals surface area contributed by atoms with Crippen molar-refractivity contribution in [2.75, 3.05) is 11.5 Å². The third kappa shape index (κ3) is 1.54. The Balaban J connectivity index is 1.94. The van der Waals surface area contributed by atoms with E-state index in [0.29, 0.717) is 11.4 Å². The molecule has 0 N–H and O–H groups in total. The first-order chi connectivity index (χ1) is 9.50. The van der Waals surface area contributed by atoms with Gasteiger partial charge in [0.05, 0.1) is 17.5 Å². The Morgan fingerprint density at radius 2 is 1.85 bits per heavy atom. The molecule has 1 aromatic carbocycles. The lowest BCUT2D eigenvalue weighted by Crippen LogP contribution is -2.36. The minimum atomic E-state index is -0.229. The van der Waals surface area contributed by atoms with E-state index in [9.17, 15) is 9.59 Å². The fourth-order valence-corrected chi connectivity index (χ4v) is 3.06. The molecule has 0 bridgehead atoms. The number of anilines is 1. The third-order valence-corrected chi connectivity index (χ3v) is 4.20. The molecule has 0 spiro atoms. The predicted octanol–water partition coefficient (Wildman–Crippen LogP) is 1.73. The molecule has 5 nitrogen and oxygen atoms in total. The first-order valence-corrected chi connectivity index (χ1v) is 6.46. The van der Waals surface area contributed by atoms with E-state index in [1.54, 1.807) is 24.3 Å². The van der Waals surface area contributed by atoms with Crippen LogP contribution >= 0.6 is 0 Å². The van der Waals surface area contributed by atoms with Gasteiger partial charge < -0.3 is 4.74 Å². The van der Waals surface area contributed by atoms with Crippen LogP contribution in [0.2, 0.25) is 0 Å². The normalized spacial score (nSPS) is 26.1. The largest absolute Gasteiger partial charge is 0.477 e. The molecular weight excluding hydrogens is 256 g/mol. The van der Waals surface area contributed by atoms with Gasteiger partial charge in [0.15, 0.2) is 6.61 Å². The second-order valence-corrected chi connectivity index (χ2v) is 5.70. The number of carbonyl (C=O) groups is 2. The Kier molecular flexibility index (Phi) is 2.58. The molecule has 5 heteroatoms. The smallest absolute Gasteiger partial charge is 0.238 e. The van der Waals surface area contributed by atoms with E-state index in [1.165, 1.54) is 4.90 Å². The molecule has 2 atom stereocenters. The molecule has 1 saturated heterocycles. The molecule has 1 aromatic rings. The van der Waals surface area contributed by atoms with E-state index in [-0.39, 0.29) is 35.7 Å². The minimum Gasteiger partial charge on any atom is -0.477 e. The number of rotatable bonds is 3. The van der Waals surface area contributed by atoms with E-state index in [4.69, 9.17) is 10.00 Å². The molecule has 1 aliphatic heterocycles. The van der Waals surface area contributed by atoms with Crippen molar-refractivity contribution < 1.29 is 14.3 Å². The summed E-state index contributed by atoms with van der Waals surface area (Å²) in [6.45, 7) is 3.76. The number of carbonyl (C=O) groups excluding carboxylic acids is 2. The van der Waals surface area contributed by atoms with Gasteiger partial charge in [-0.3, -0.25) is 9.59 Å². The van der Waals surface area contributed by atoms with Crippen LogP contribution in [0.25, 0.3) is 0 Å². The molecule has 1 aliphatic carbocycles. The van der Waals surface area contributed by atoms with Gasteiger partial charge in [-0.25, -0.2) is 4.90 Å². The molecule has 2 aliphatic rings. The number of ether oxygens (including phenoxy) is 1. The summed E-state index contributed by atoms with van der Waals surface area (Å²) >= 11 is 0. The van der Waals surface area contributed by atoms with Gasteiger partial charge in [-0.2, -0.15) is 5.26 Å². The summed E-state index contributed by atoms with van der Waals surface area (Å²) < 4.78 is 5.29. The summed E-state index contributed by atoms with van der Waals surface area (Å²) in [6.07, 6.45) is 0. The molecule has 20 heavy (non-hydrogen) atoms. The zero-order valence-electron chi connectivity index (χ0n) is 11.3. The van der Waals surface area contributed by atoms with Gasteiger partial charge in [-0.15, -0.1) is 0 Å². The number of hydrogen-bond donors (Lipinski definition) is 0. The van der Waals surface area contributed by atoms with Gasteiger partial charge in [-0.1, -0.05) is 26.0 Å². The fraction of sp³-hybridized carbons (Fsp3) is 0.400. The molecule has 102 valence electrons. The van der Waals surface area contributed by atoms with E-state index in [2.05, 4.69) is 0 Å². The van der Waals surface area contributed by atoms with Crippen molar-refractivity contribution in [3.8, 4) is 11.8 Å². The van der Waals surface area contributed by atoms with Crippen molar-refractivity contribution >= 4 is 17.5 Å². The minimum absolute atomic E-state index is 0.119. The third-order valence-electron chi connectivity index (χ3n) is 4.20. The lowest BCUT2D eigenvalue weighted by Gasteiger charge is -2.22. The summed E-state index contributed by atoms with van der Waals surface area (Å²) in [5.74, 6) is -0.399. The van der Waals surface area contributed by atoms with Crippen molar-refractivity contribution in [3.63, 3.8) is 0 Å². The number of benzene rings is 1. The molecule has 2 unspecified atom stereocenters. The number of hydrogen-bond acceptors (Lipinski definition) is 4. The van der Waals surface area contributed by atoms with Crippen molar-refractivity contribution in [1.82, 2.24) is 0 Å². The first-order valence-electron chi connectivity index (χ1n) is 6.46. The Hall–Kier alpha value is -2.35. The quantitative estimate of drug-likeness (QED) is 0.784. The Bertz CT molecular complexity index is 621. The maximum Gasteiger partial charge on any atom is 0.238 e. The highest BCUT2D eigenvalue weighted by atomic mass is 16.5. The zero-order chi connectivity index (χ0) is 14.5. The van der Waals surface area contributed by atoms with Gasteiger partial charge in [-0.05, 0) is 17.5 Å². The van der Waals surface area contributed by atoms with Gasteiger partial charge >= 0.3 is 0 Å². The van der Waals surface area contributed by atoms with Crippen molar-refractivity contribution in [2.24, 2.45) is 17.3 Å². The highest BCUT2D eigenvalue weighted by molar-refractivity contribution is 6.26. The second-order valence-electron chi connectivity index (χ2n) is 5.70.